The van der Waals surface area contributed by atoms with Crippen LogP contribution in [0.15, 0.2) is 231 Å². The molecule has 1 N–H and O–H groups in total. The molecular weight excluding hydrogens is 1330 g/mol. The van der Waals surface area contributed by atoms with Crippen LogP contribution in [0.4, 0.5) is 0 Å². The molecule has 0 bridgehead atoms. The van der Waals surface area contributed by atoms with Crippen LogP contribution in [0.25, 0.3) is 0 Å². The third-order valence-corrected chi connectivity index (χ3v) is 18.2. The first-order chi connectivity index (χ1) is 52.0. The second-order valence-corrected chi connectivity index (χ2v) is 29.8. The van der Waals surface area contributed by atoms with Crippen LogP contribution in [-0.2, 0) is 32.7 Å². The van der Waals surface area contributed by atoms with Crippen molar-refractivity contribution in [2.75, 3.05) is 47.5 Å². The number of likely N-dealkylation sites (N-methyl/N-ethyl adjacent to an activating group) is 1. The fourth-order valence-electron chi connectivity index (χ4n) is 10.9. The van der Waals surface area contributed by atoms with Gasteiger partial charge in [-0.05, 0) is 161 Å². The zero-order valence-corrected chi connectivity index (χ0v) is 69.0. The molecule has 0 saturated carbocycles. The van der Waals surface area contributed by atoms with Crippen molar-refractivity contribution < 1.29 is 42.1 Å². The minimum atomic E-state index is -4.41. The Hall–Kier alpha value is -5.93. The largest absolute Gasteiger partial charge is 0.472 e. The Morgan fingerprint density at radius 3 is 0.755 bits per heavy atom. The second-order valence-electron chi connectivity index (χ2n) is 28.4. The number of allylic oxidation sites excluding steroid dienone is 38. The summed E-state index contributed by atoms with van der Waals surface area (Å²) in [7, 11) is 1.45. The van der Waals surface area contributed by atoms with E-state index >= 15 is 0 Å². The van der Waals surface area contributed by atoms with Crippen LogP contribution in [-0.4, -0.2) is 74.9 Å². The van der Waals surface area contributed by atoms with E-state index in [9.17, 15) is 19.0 Å². The van der Waals surface area contributed by atoms with Crippen molar-refractivity contribution >= 4 is 19.8 Å². The van der Waals surface area contributed by atoms with Crippen LogP contribution >= 0.6 is 7.82 Å². The van der Waals surface area contributed by atoms with Gasteiger partial charge in [0.2, 0.25) is 0 Å². The summed E-state index contributed by atoms with van der Waals surface area (Å²) in [5.41, 5.74) is 0. The normalized spacial score (nSPS) is 14.2. The van der Waals surface area contributed by atoms with Crippen molar-refractivity contribution in [3.8, 4) is 0 Å². The molecule has 0 radical (unpaired) electrons. The van der Waals surface area contributed by atoms with E-state index in [1.165, 1.54) is 109 Å². The first kappa shape index (κ1) is 100. The summed E-state index contributed by atoms with van der Waals surface area (Å²) in [4.78, 5) is 36.0. The lowest BCUT2D eigenvalue weighted by molar-refractivity contribution is -0.870. The van der Waals surface area contributed by atoms with E-state index < -0.39 is 26.5 Å². The third-order valence-electron chi connectivity index (χ3n) is 17.2. The first-order valence-corrected chi connectivity index (χ1v) is 43.6. The minimum Gasteiger partial charge on any atom is -0.462 e. The van der Waals surface area contributed by atoms with Crippen molar-refractivity contribution in [2.24, 2.45) is 0 Å². The number of carbonyl (C=O) groups excluding carboxylic acids is 2. The minimum absolute atomic E-state index is 0.0207. The number of hydrogen-bond donors (Lipinski definition) is 1. The highest BCUT2D eigenvalue weighted by Gasteiger charge is 2.27. The van der Waals surface area contributed by atoms with E-state index in [0.717, 1.165) is 167 Å². The zero-order valence-electron chi connectivity index (χ0n) is 68.1. The molecule has 2 atom stereocenters. The van der Waals surface area contributed by atoms with Gasteiger partial charge in [-0.15, -0.1) is 0 Å². The SMILES string of the molecule is CC/C=C\C/C=C\C/C=C\C/C=C\C/C=C\C/C=C\C/C=C\C/C=C\C/C=C\C/C=C\CCCCCCCCCCCCC(=O)OC(COC(=O)CCCCCCCCCCCCCCC/C=C\C/C=C\C/C=C\C/C=C\C/C=C\C/C=C\C/C=C\C/C=C\C/C=C\CC)COP(=O)(O)OCC[N+](C)(C)C. The van der Waals surface area contributed by atoms with Crippen LogP contribution in [0.2, 0.25) is 0 Å². The number of nitrogens with zero attached hydrogens (tertiary/aromatic N) is 1. The van der Waals surface area contributed by atoms with Gasteiger partial charge in [0.05, 0.1) is 27.7 Å². The molecule has 0 aliphatic rings. The highest BCUT2D eigenvalue weighted by molar-refractivity contribution is 7.47. The lowest BCUT2D eigenvalue weighted by atomic mass is 10.0. The molecular formula is C96H155NO8P+. The molecule has 0 spiro atoms. The number of esters is 2. The van der Waals surface area contributed by atoms with Crippen molar-refractivity contribution in [1.29, 1.82) is 0 Å². The van der Waals surface area contributed by atoms with Gasteiger partial charge in [-0.1, -0.05) is 367 Å². The topological polar surface area (TPSA) is 108 Å². The zero-order chi connectivity index (χ0) is 76.8. The van der Waals surface area contributed by atoms with Crippen molar-refractivity contribution in [1.82, 2.24) is 0 Å². The molecule has 0 aliphatic carbocycles. The van der Waals surface area contributed by atoms with Crippen molar-refractivity contribution in [3.05, 3.63) is 231 Å². The summed E-state index contributed by atoms with van der Waals surface area (Å²) >= 11 is 0. The molecule has 596 valence electrons. The highest BCUT2D eigenvalue weighted by atomic mass is 31.2. The molecule has 10 heteroatoms. The van der Waals surface area contributed by atoms with E-state index in [0.29, 0.717) is 17.4 Å². The predicted molar refractivity (Wildman–Crippen MR) is 463 cm³/mol. The molecule has 0 heterocycles. The lowest BCUT2D eigenvalue weighted by Crippen LogP contribution is -2.37. The van der Waals surface area contributed by atoms with E-state index in [4.69, 9.17) is 18.5 Å². The molecule has 0 aromatic heterocycles. The molecule has 0 rings (SSSR count). The van der Waals surface area contributed by atoms with Gasteiger partial charge in [0.1, 0.15) is 19.8 Å². The monoisotopic (exact) mass is 1480 g/mol. The van der Waals surface area contributed by atoms with Crippen molar-refractivity contribution in [2.45, 2.75) is 315 Å². The average molecular weight is 1480 g/mol. The fourth-order valence-corrected chi connectivity index (χ4v) is 11.6. The number of rotatable bonds is 75. The quantitative estimate of drug-likeness (QED) is 0.0211. The lowest BCUT2D eigenvalue weighted by Gasteiger charge is -2.24. The van der Waals surface area contributed by atoms with Gasteiger partial charge in [-0.25, -0.2) is 4.57 Å². The van der Waals surface area contributed by atoms with Crippen molar-refractivity contribution in [3.63, 3.8) is 0 Å². The maximum absolute atomic E-state index is 12.9. The summed E-state index contributed by atoms with van der Waals surface area (Å²) in [6.45, 7) is 4.19. The number of phosphoric acid groups is 1. The van der Waals surface area contributed by atoms with Gasteiger partial charge in [-0.2, -0.15) is 0 Å². The first-order valence-electron chi connectivity index (χ1n) is 42.1. The molecule has 0 aromatic carbocycles. The highest BCUT2D eigenvalue weighted by Crippen LogP contribution is 2.43. The molecule has 0 aliphatic heterocycles. The Morgan fingerprint density at radius 1 is 0.292 bits per heavy atom. The Bertz CT molecular complexity index is 2650. The molecule has 2 unspecified atom stereocenters. The van der Waals surface area contributed by atoms with Gasteiger partial charge in [0.15, 0.2) is 6.10 Å². The average Bonchev–Trinajstić information content (AvgIpc) is 0.908. The van der Waals surface area contributed by atoms with Gasteiger partial charge in [-0.3, -0.25) is 18.6 Å². The van der Waals surface area contributed by atoms with E-state index in [-0.39, 0.29) is 32.0 Å². The van der Waals surface area contributed by atoms with Gasteiger partial charge < -0.3 is 18.9 Å². The van der Waals surface area contributed by atoms with Crippen LogP contribution in [0.1, 0.15) is 309 Å². The number of hydrogen-bond acceptors (Lipinski definition) is 7. The molecule has 0 amide bonds. The summed E-state index contributed by atoms with van der Waals surface area (Å²) in [6, 6.07) is 0. The number of phosphoric ester groups is 1. The molecule has 9 nitrogen and oxygen atoms in total. The van der Waals surface area contributed by atoms with Gasteiger partial charge in [0.25, 0.3) is 0 Å². The second kappa shape index (κ2) is 83.1. The van der Waals surface area contributed by atoms with Crippen LogP contribution in [0.5, 0.6) is 0 Å². The number of carbonyl (C=O) groups is 2. The molecule has 0 aromatic rings. The van der Waals surface area contributed by atoms with Crippen LogP contribution in [0, 0.1) is 0 Å². The summed E-state index contributed by atoms with van der Waals surface area (Å²) < 4.78 is 34.8. The Labute approximate surface area is 651 Å². The maximum atomic E-state index is 12.9. The Kier molecular flexibility index (Phi) is 78.5. The summed E-state index contributed by atoms with van der Waals surface area (Å²) in [6.07, 6.45) is 133. The fraction of sp³-hybridized carbons (Fsp3) is 0.583. The number of quaternary nitrogens is 1. The van der Waals surface area contributed by atoms with Crippen LogP contribution < -0.4 is 0 Å². The van der Waals surface area contributed by atoms with Gasteiger partial charge in [0, 0.05) is 12.8 Å². The number of ether oxygens (including phenoxy) is 2. The summed E-state index contributed by atoms with van der Waals surface area (Å²) in [5.74, 6) is -0.812. The third kappa shape index (κ3) is 87.0. The Balaban J connectivity index is 4.06. The standard InChI is InChI=1S/C96H154NO8P/c1-6-8-10-12-14-16-18-20-22-24-26-28-30-32-34-36-38-40-42-44-46-48-50-52-54-56-58-60-62-64-66-68-70-72-74-76-78-80-82-84-86-88-95(98)102-92-94(93-104-106(100,101)103-91-90-97(3,4)5)105-96(99)89-87-85-83-81-79-77-75-73-71-69-67-65-63-61-59-57-55-53-51-49-47-45-43-41-39-37-35-33-31-29-27-25-23-21-19-17-15-13-11-9-7-2/h8-11,14-17,20-23,26-29,32-35,38-41,44-47,50-53,56-59,63,65,94H,6-7,12-13,18-19,24-25,30-31,36-37,42-43,48-49,54-55,60-62,64,66-93H2,1-5H3/p+1/b10-8-,11-9-,16-14-,17-15-,22-20-,23-21-,28-26-,29-27-,34-32-,35-33-,40-38-,41-39-,46-44-,47-45-,52-50-,53-51-,58-56-,59-57-,65-63-. The van der Waals surface area contributed by atoms with Crippen LogP contribution in [0.3, 0.4) is 0 Å². The predicted octanol–water partition coefficient (Wildman–Crippen LogP) is 28.8. The Morgan fingerprint density at radius 2 is 0.509 bits per heavy atom. The molecule has 106 heavy (non-hydrogen) atoms. The van der Waals surface area contributed by atoms with E-state index in [1.54, 1.807) is 0 Å². The number of unbranched alkanes of at least 4 members (excludes halogenated alkanes) is 23. The summed E-state index contributed by atoms with van der Waals surface area (Å²) in [5, 5.41) is 0. The molecule has 0 saturated heterocycles. The maximum Gasteiger partial charge on any atom is 0.472 e. The van der Waals surface area contributed by atoms with Gasteiger partial charge >= 0.3 is 19.8 Å². The van der Waals surface area contributed by atoms with E-state index in [2.05, 4.69) is 245 Å². The molecule has 0 fully saturated rings. The van der Waals surface area contributed by atoms with E-state index in [1.807, 2.05) is 21.1 Å². The smallest absolute Gasteiger partial charge is 0.462 e.